The summed E-state index contributed by atoms with van der Waals surface area (Å²) in [5.41, 5.74) is 3.51. The lowest BCUT2D eigenvalue weighted by atomic mass is 9.94. The average molecular weight is 256 g/mol. The normalized spacial score (nSPS) is 15.4. The van der Waals surface area contributed by atoms with Gasteiger partial charge in [0.15, 0.2) is 0 Å². The molecular weight excluding hydrogens is 236 g/mol. The van der Waals surface area contributed by atoms with Crippen LogP contribution in [0.2, 0.25) is 0 Å². The van der Waals surface area contributed by atoms with E-state index in [-0.39, 0.29) is 0 Å². The Morgan fingerprint density at radius 1 is 1.21 bits per heavy atom. The van der Waals surface area contributed by atoms with E-state index in [0.29, 0.717) is 18.4 Å². The summed E-state index contributed by atoms with van der Waals surface area (Å²) in [6, 6.07) is 10.4. The van der Waals surface area contributed by atoms with Gasteiger partial charge in [-0.25, -0.2) is 0 Å². The summed E-state index contributed by atoms with van der Waals surface area (Å²) in [7, 11) is 0. The molecule has 1 atom stereocenters. The van der Waals surface area contributed by atoms with Gasteiger partial charge in [-0.2, -0.15) is 5.10 Å². The van der Waals surface area contributed by atoms with Crippen molar-refractivity contribution >= 4 is 0 Å². The lowest BCUT2D eigenvalue weighted by molar-refractivity contribution is 0.299. The smallest absolute Gasteiger partial charge is 0.128 e. The maximum absolute atomic E-state index is 5.78. The molecule has 1 aliphatic rings. The van der Waals surface area contributed by atoms with Crippen molar-refractivity contribution in [2.75, 3.05) is 6.61 Å². The molecule has 0 saturated carbocycles. The number of fused-ring (bicyclic) bond motifs is 3. The number of aromatic nitrogens is 2. The summed E-state index contributed by atoms with van der Waals surface area (Å²) in [6.45, 7) is 8.23. The summed E-state index contributed by atoms with van der Waals surface area (Å²) in [4.78, 5) is 0. The summed E-state index contributed by atoms with van der Waals surface area (Å²) >= 11 is 0. The van der Waals surface area contributed by atoms with Crippen LogP contribution in [0.15, 0.2) is 30.3 Å². The second-order valence-corrected chi connectivity index (χ2v) is 5.55. The fraction of sp³-hybridized carbons (Fsp3) is 0.438. The summed E-state index contributed by atoms with van der Waals surface area (Å²) in [5.74, 6) is 2.04. The molecule has 2 aromatic rings. The molecule has 0 aliphatic carbocycles. The molecule has 1 unspecified atom stereocenters. The van der Waals surface area contributed by atoms with Crippen molar-refractivity contribution in [1.29, 1.82) is 0 Å². The van der Waals surface area contributed by atoms with E-state index in [1.54, 1.807) is 0 Å². The van der Waals surface area contributed by atoms with Crippen molar-refractivity contribution in [1.82, 2.24) is 9.78 Å². The van der Waals surface area contributed by atoms with Crippen molar-refractivity contribution in [3.63, 3.8) is 0 Å². The number of hydrogen-bond donors (Lipinski definition) is 0. The molecule has 1 aromatic carbocycles. The predicted molar refractivity (Wildman–Crippen MR) is 76.4 cm³/mol. The van der Waals surface area contributed by atoms with Crippen LogP contribution in [-0.2, 0) is 6.54 Å². The summed E-state index contributed by atoms with van der Waals surface area (Å²) in [5, 5.41) is 4.77. The second kappa shape index (κ2) is 4.72. The second-order valence-electron chi connectivity index (χ2n) is 5.55. The Balaban J connectivity index is 2.09. The van der Waals surface area contributed by atoms with Gasteiger partial charge in [-0.1, -0.05) is 32.9 Å². The fourth-order valence-corrected chi connectivity index (χ4v) is 2.43. The molecular formula is C16H20N2O. The van der Waals surface area contributed by atoms with Crippen molar-refractivity contribution in [2.45, 2.75) is 33.2 Å². The van der Waals surface area contributed by atoms with E-state index >= 15 is 0 Å². The molecule has 2 heterocycles. The molecule has 0 fully saturated rings. The van der Waals surface area contributed by atoms with Crippen LogP contribution < -0.4 is 4.74 Å². The quantitative estimate of drug-likeness (QED) is 0.819. The Morgan fingerprint density at radius 2 is 2.00 bits per heavy atom. The minimum atomic E-state index is 0.479. The highest BCUT2D eigenvalue weighted by Gasteiger charge is 2.20. The number of para-hydroxylation sites is 1. The lowest BCUT2D eigenvalue weighted by Crippen LogP contribution is -2.09. The van der Waals surface area contributed by atoms with Gasteiger partial charge in [0.1, 0.15) is 12.4 Å². The lowest BCUT2D eigenvalue weighted by Gasteiger charge is -2.12. The Labute approximate surface area is 114 Å². The molecule has 0 amide bonds. The molecule has 100 valence electrons. The third kappa shape index (κ3) is 2.14. The minimum Gasteiger partial charge on any atom is -0.491 e. The van der Waals surface area contributed by atoms with Gasteiger partial charge in [0.05, 0.1) is 17.9 Å². The number of rotatable bonds is 2. The zero-order valence-electron chi connectivity index (χ0n) is 11.8. The molecule has 3 nitrogen and oxygen atoms in total. The summed E-state index contributed by atoms with van der Waals surface area (Å²) in [6.07, 6.45) is 0. The molecule has 0 spiro atoms. The first kappa shape index (κ1) is 12.3. The molecule has 19 heavy (non-hydrogen) atoms. The Kier molecular flexibility index (Phi) is 3.05. The third-order valence-corrected chi connectivity index (χ3v) is 3.99. The van der Waals surface area contributed by atoms with Gasteiger partial charge in [0.25, 0.3) is 0 Å². The first-order valence-electron chi connectivity index (χ1n) is 6.97. The topological polar surface area (TPSA) is 27.1 Å². The number of benzene rings is 1. The van der Waals surface area contributed by atoms with Crippen LogP contribution in [0, 0.1) is 5.92 Å². The Morgan fingerprint density at radius 3 is 2.79 bits per heavy atom. The van der Waals surface area contributed by atoms with E-state index in [4.69, 9.17) is 9.84 Å². The van der Waals surface area contributed by atoms with E-state index in [9.17, 15) is 0 Å². The van der Waals surface area contributed by atoms with Crippen LogP contribution >= 0.6 is 0 Å². The first-order valence-corrected chi connectivity index (χ1v) is 6.97. The van der Waals surface area contributed by atoms with Crippen LogP contribution in [0.5, 0.6) is 5.75 Å². The average Bonchev–Trinajstić information content (AvgIpc) is 2.75. The van der Waals surface area contributed by atoms with Crippen LogP contribution in [-0.4, -0.2) is 16.4 Å². The van der Waals surface area contributed by atoms with Gasteiger partial charge < -0.3 is 4.74 Å². The highest BCUT2D eigenvalue weighted by atomic mass is 16.5. The molecule has 1 aromatic heterocycles. The largest absolute Gasteiger partial charge is 0.491 e. The van der Waals surface area contributed by atoms with Gasteiger partial charge in [-0.15, -0.1) is 0 Å². The van der Waals surface area contributed by atoms with Crippen molar-refractivity contribution < 1.29 is 4.74 Å². The molecule has 0 saturated heterocycles. The van der Waals surface area contributed by atoms with E-state index in [1.807, 2.05) is 12.1 Å². The Bertz CT molecular complexity index is 586. The van der Waals surface area contributed by atoms with Gasteiger partial charge in [-0.3, -0.25) is 4.68 Å². The van der Waals surface area contributed by atoms with E-state index < -0.39 is 0 Å². The molecule has 0 bridgehead atoms. The van der Waals surface area contributed by atoms with E-state index in [0.717, 1.165) is 17.9 Å². The van der Waals surface area contributed by atoms with Gasteiger partial charge >= 0.3 is 0 Å². The van der Waals surface area contributed by atoms with Gasteiger partial charge in [0, 0.05) is 11.5 Å². The van der Waals surface area contributed by atoms with Crippen LogP contribution in [0.25, 0.3) is 11.3 Å². The van der Waals surface area contributed by atoms with Gasteiger partial charge in [0.2, 0.25) is 0 Å². The first-order chi connectivity index (χ1) is 9.16. The van der Waals surface area contributed by atoms with E-state index in [1.165, 1.54) is 11.4 Å². The van der Waals surface area contributed by atoms with E-state index in [2.05, 4.69) is 43.7 Å². The molecule has 3 heteroatoms. The SMILES string of the molecule is CC(C)C(C)c1cc2n(n1)CCOc1ccccc1-2. The molecule has 1 aliphatic heterocycles. The van der Waals surface area contributed by atoms with Crippen LogP contribution in [0.3, 0.4) is 0 Å². The maximum Gasteiger partial charge on any atom is 0.128 e. The molecule has 0 radical (unpaired) electrons. The maximum atomic E-state index is 5.78. The predicted octanol–water partition coefficient (Wildman–Crippen LogP) is 3.70. The highest BCUT2D eigenvalue weighted by Crippen LogP contribution is 2.34. The number of hydrogen-bond acceptors (Lipinski definition) is 2. The summed E-state index contributed by atoms with van der Waals surface area (Å²) < 4.78 is 7.86. The molecule has 3 rings (SSSR count). The third-order valence-electron chi connectivity index (χ3n) is 3.99. The van der Waals surface area contributed by atoms with Crippen LogP contribution in [0.1, 0.15) is 32.4 Å². The van der Waals surface area contributed by atoms with Gasteiger partial charge in [-0.05, 0) is 24.1 Å². The van der Waals surface area contributed by atoms with Crippen LogP contribution in [0.4, 0.5) is 0 Å². The molecule has 0 N–H and O–H groups in total. The standard InChI is InChI=1S/C16H20N2O/c1-11(2)12(3)14-10-15-13-6-4-5-7-16(13)19-9-8-18(15)17-14/h4-7,10-12H,8-9H2,1-3H3. The zero-order chi connectivity index (χ0) is 13.4. The monoisotopic (exact) mass is 256 g/mol. The minimum absolute atomic E-state index is 0.479. The number of ether oxygens (including phenoxy) is 1. The van der Waals surface area contributed by atoms with Crippen molar-refractivity contribution in [3.05, 3.63) is 36.0 Å². The highest BCUT2D eigenvalue weighted by molar-refractivity contribution is 5.68. The van der Waals surface area contributed by atoms with Crippen molar-refractivity contribution in [2.24, 2.45) is 5.92 Å². The zero-order valence-corrected chi connectivity index (χ0v) is 11.8. The Hall–Kier alpha value is -1.77. The number of nitrogens with zero attached hydrogens (tertiary/aromatic N) is 2. The fourth-order valence-electron chi connectivity index (χ4n) is 2.43. The van der Waals surface area contributed by atoms with Crippen molar-refractivity contribution in [3.8, 4) is 17.0 Å².